The fraction of sp³-hybridized carbons (Fsp3) is 0.333. The van der Waals surface area contributed by atoms with Crippen LogP contribution in [0.15, 0.2) is 24.5 Å². The predicted molar refractivity (Wildman–Crippen MR) is 102 cm³/mol. The molecule has 1 fully saturated rings. The summed E-state index contributed by atoms with van der Waals surface area (Å²) < 4.78 is 4.67. The highest BCUT2D eigenvalue weighted by atomic mass is 32.1. The van der Waals surface area contributed by atoms with Crippen LogP contribution in [0.4, 0.5) is 10.6 Å². The van der Waals surface area contributed by atoms with Crippen LogP contribution in [-0.2, 0) is 4.74 Å². The molecule has 0 spiro atoms. The zero-order chi connectivity index (χ0) is 18.3. The van der Waals surface area contributed by atoms with E-state index in [2.05, 4.69) is 33.8 Å². The van der Waals surface area contributed by atoms with E-state index in [1.54, 1.807) is 23.7 Å². The summed E-state index contributed by atoms with van der Waals surface area (Å²) in [4.78, 5) is 29.5. The number of carbonyl (C=O) groups is 1. The Morgan fingerprint density at radius 1 is 1.35 bits per heavy atom. The first-order valence-corrected chi connectivity index (χ1v) is 9.16. The van der Waals surface area contributed by atoms with Gasteiger partial charge in [0.1, 0.15) is 10.6 Å². The third-order valence-corrected chi connectivity index (χ3v) is 5.72. The van der Waals surface area contributed by atoms with Crippen molar-refractivity contribution in [2.75, 3.05) is 25.1 Å². The van der Waals surface area contributed by atoms with Crippen molar-refractivity contribution in [3.05, 3.63) is 35.0 Å². The van der Waals surface area contributed by atoms with E-state index < -0.39 is 6.09 Å². The number of thiophene rings is 1. The molecule has 4 rings (SSSR count). The molecule has 0 unspecified atom stereocenters. The quantitative estimate of drug-likeness (QED) is 0.765. The van der Waals surface area contributed by atoms with Crippen molar-refractivity contribution in [2.24, 2.45) is 0 Å². The summed E-state index contributed by atoms with van der Waals surface area (Å²) in [5, 5.41) is 3.92. The molecule has 1 amide bonds. The van der Waals surface area contributed by atoms with Gasteiger partial charge < -0.3 is 15.0 Å². The Hall–Kier alpha value is -2.74. The highest BCUT2D eigenvalue weighted by molar-refractivity contribution is 7.18. The van der Waals surface area contributed by atoms with Crippen LogP contribution in [-0.4, -0.2) is 47.3 Å². The lowest BCUT2D eigenvalue weighted by atomic mass is 10.1. The average Bonchev–Trinajstić information content (AvgIpc) is 2.92. The van der Waals surface area contributed by atoms with Gasteiger partial charge in [0, 0.05) is 35.9 Å². The second-order valence-electron chi connectivity index (χ2n) is 6.31. The monoisotopic (exact) mass is 369 g/mol. The van der Waals surface area contributed by atoms with Crippen LogP contribution in [0.2, 0.25) is 0 Å². The lowest BCUT2D eigenvalue weighted by molar-refractivity contribution is 0.164. The fourth-order valence-electron chi connectivity index (χ4n) is 3.05. The Morgan fingerprint density at radius 3 is 2.85 bits per heavy atom. The average molecular weight is 369 g/mol. The van der Waals surface area contributed by atoms with Crippen LogP contribution in [0.25, 0.3) is 21.6 Å². The first-order chi connectivity index (χ1) is 12.6. The molecule has 0 atom stereocenters. The van der Waals surface area contributed by atoms with Crippen LogP contribution in [0.1, 0.15) is 10.4 Å². The molecule has 3 aromatic heterocycles. The van der Waals surface area contributed by atoms with E-state index in [1.807, 2.05) is 12.1 Å². The molecule has 26 heavy (non-hydrogen) atoms. The number of carbonyl (C=O) groups excluding carboxylic acids is 1. The van der Waals surface area contributed by atoms with Crippen LogP contribution in [0, 0.1) is 13.8 Å². The third-order valence-electron chi connectivity index (χ3n) is 4.62. The number of ether oxygens (including phenoxy) is 1. The molecule has 1 saturated heterocycles. The number of amides is 1. The number of aromatic nitrogens is 3. The van der Waals surface area contributed by atoms with E-state index >= 15 is 0 Å². The molecule has 0 aromatic carbocycles. The summed E-state index contributed by atoms with van der Waals surface area (Å²) in [6.45, 7) is 5.60. The second kappa shape index (κ2) is 6.53. The Bertz CT molecular complexity index is 967. The lowest BCUT2D eigenvalue weighted by Gasteiger charge is -2.40. The first-order valence-electron chi connectivity index (χ1n) is 8.34. The van der Waals surface area contributed by atoms with E-state index in [1.165, 1.54) is 17.6 Å². The zero-order valence-electron chi connectivity index (χ0n) is 14.8. The van der Waals surface area contributed by atoms with Gasteiger partial charge in [0.05, 0.1) is 18.5 Å². The molecule has 1 N–H and O–H groups in total. The van der Waals surface area contributed by atoms with Crippen molar-refractivity contribution in [3.8, 4) is 11.4 Å². The molecular weight excluding hydrogens is 350 g/mol. The maximum absolute atomic E-state index is 11.4. The minimum Gasteiger partial charge on any atom is -0.453 e. The van der Waals surface area contributed by atoms with Crippen LogP contribution >= 0.6 is 11.3 Å². The minimum atomic E-state index is -0.402. The van der Waals surface area contributed by atoms with Gasteiger partial charge in [-0.1, -0.05) is 0 Å². The molecule has 4 heterocycles. The largest absolute Gasteiger partial charge is 0.453 e. The second-order valence-corrected chi connectivity index (χ2v) is 7.52. The number of nitrogens with one attached hydrogen (secondary N) is 1. The van der Waals surface area contributed by atoms with Crippen molar-refractivity contribution in [3.63, 3.8) is 0 Å². The predicted octanol–water partition coefficient (Wildman–Crippen LogP) is 2.91. The molecule has 0 aliphatic carbocycles. The van der Waals surface area contributed by atoms with E-state index in [-0.39, 0.29) is 6.04 Å². The third kappa shape index (κ3) is 2.86. The number of rotatable bonds is 3. The highest BCUT2D eigenvalue weighted by Crippen LogP contribution is 2.37. The van der Waals surface area contributed by atoms with Crippen molar-refractivity contribution in [1.82, 2.24) is 20.3 Å². The smallest absolute Gasteiger partial charge is 0.407 e. The van der Waals surface area contributed by atoms with Gasteiger partial charge in [-0.05, 0) is 31.5 Å². The van der Waals surface area contributed by atoms with Crippen LogP contribution in [0.3, 0.4) is 0 Å². The van der Waals surface area contributed by atoms with Gasteiger partial charge in [0.25, 0.3) is 0 Å². The summed E-state index contributed by atoms with van der Waals surface area (Å²) in [6, 6.07) is 3.91. The topological polar surface area (TPSA) is 80.2 Å². The number of aryl methyl sites for hydroxylation is 2. The Morgan fingerprint density at radius 2 is 2.15 bits per heavy atom. The minimum absolute atomic E-state index is 0.0642. The van der Waals surface area contributed by atoms with Crippen molar-refractivity contribution in [2.45, 2.75) is 19.9 Å². The standard InChI is InChI=1S/C18H19N5O2S/c1-10-11(2)26-17-14(10)16(23-8-13(9-23)20-18(24)25-3)21-15(22-17)12-5-4-6-19-7-12/h4-7,13H,8-9H2,1-3H3,(H,20,24). The maximum atomic E-state index is 11.4. The summed E-state index contributed by atoms with van der Waals surface area (Å²) in [5.74, 6) is 1.59. The SMILES string of the molecule is COC(=O)NC1CN(c2nc(-c3cccnc3)nc3sc(C)c(C)c23)C1. The summed E-state index contributed by atoms with van der Waals surface area (Å²) in [6.07, 6.45) is 3.11. The van der Waals surface area contributed by atoms with Gasteiger partial charge in [-0.15, -0.1) is 11.3 Å². The number of methoxy groups -OCH3 is 1. The number of hydrogen-bond donors (Lipinski definition) is 1. The number of nitrogens with zero attached hydrogens (tertiary/aromatic N) is 4. The Kier molecular flexibility index (Phi) is 4.20. The molecule has 0 radical (unpaired) electrons. The highest BCUT2D eigenvalue weighted by Gasteiger charge is 2.32. The molecule has 3 aromatic rings. The molecule has 1 aliphatic heterocycles. The fourth-order valence-corrected chi connectivity index (χ4v) is 4.07. The molecular formula is C18H19N5O2S. The summed E-state index contributed by atoms with van der Waals surface area (Å²) >= 11 is 1.68. The van der Waals surface area contributed by atoms with E-state index in [0.29, 0.717) is 18.9 Å². The molecule has 0 bridgehead atoms. The van der Waals surface area contributed by atoms with Gasteiger partial charge in [-0.2, -0.15) is 0 Å². The van der Waals surface area contributed by atoms with Crippen molar-refractivity contribution >= 4 is 33.5 Å². The van der Waals surface area contributed by atoms with Gasteiger partial charge in [0.15, 0.2) is 5.82 Å². The van der Waals surface area contributed by atoms with E-state index in [4.69, 9.17) is 9.97 Å². The lowest BCUT2D eigenvalue weighted by Crippen LogP contribution is -2.59. The summed E-state index contributed by atoms with van der Waals surface area (Å²) in [5.41, 5.74) is 2.10. The zero-order valence-corrected chi connectivity index (χ0v) is 15.6. The number of alkyl carbamates (subject to hydrolysis) is 1. The normalized spacial score (nSPS) is 14.3. The summed E-state index contributed by atoms with van der Waals surface area (Å²) in [7, 11) is 1.37. The first kappa shape index (κ1) is 16.7. The van der Waals surface area contributed by atoms with Gasteiger partial charge in [-0.25, -0.2) is 14.8 Å². The molecule has 7 nitrogen and oxygen atoms in total. The molecule has 0 saturated carbocycles. The number of hydrogen-bond acceptors (Lipinski definition) is 7. The number of anilines is 1. The van der Waals surface area contributed by atoms with Crippen LogP contribution < -0.4 is 10.2 Å². The Labute approximate surface area is 155 Å². The van der Waals surface area contributed by atoms with Crippen LogP contribution in [0.5, 0.6) is 0 Å². The molecule has 134 valence electrons. The number of fused-ring (bicyclic) bond motifs is 1. The van der Waals surface area contributed by atoms with Gasteiger partial charge in [0.2, 0.25) is 0 Å². The van der Waals surface area contributed by atoms with E-state index in [0.717, 1.165) is 21.6 Å². The maximum Gasteiger partial charge on any atom is 0.407 e. The molecule has 1 aliphatic rings. The van der Waals surface area contributed by atoms with Crippen molar-refractivity contribution < 1.29 is 9.53 Å². The molecule has 8 heteroatoms. The Balaban J connectivity index is 1.72. The van der Waals surface area contributed by atoms with E-state index in [9.17, 15) is 4.79 Å². The number of pyridine rings is 1. The van der Waals surface area contributed by atoms with Crippen molar-refractivity contribution in [1.29, 1.82) is 0 Å². The van der Waals surface area contributed by atoms with Gasteiger partial charge >= 0.3 is 6.09 Å². The van der Waals surface area contributed by atoms with Gasteiger partial charge in [-0.3, -0.25) is 4.98 Å².